The fourth-order valence-corrected chi connectivity index (χ4v) is 2.14. The lowest BCUT2D eigenvalue weighted by atomic mass is 10.4. The number of nitrogens with zero attached hydrogens (tertiary/aromatic N) is 2. The van der Waals surface area contributed by atoms with Crippen molar-refractivity contribution in [3.63, 3.8) is 0 Å². The van der Waals surface area contributed by atoms with Crippen LogP contribution in [0.4, 0.5) is 0 Å². The summed E-state index contributed by atoms with van der Waals surface area (Å²) >= 11 is 3.50. The predicted molar refractivity (Wildman–Crippen MR) is 62.8 cm³/mol. The summed E-state index contributed by atoms with van der Waals surface area (Å²) in [6.45, 7) is 0.905. The van der Waals surface area contributed by atoms with Gasteiger partial charge in [0, 0.05) is 18.8 Å². The molecule has 1 aliphatic carbocycles. The molecule has 4 heteroatoms. The first-order valence-electron chi connectivity index (χ1n) is 5.18. The summed E-state index contributed by atoms with van der Waals surface area (Å²) in [5.41, 5.74) is 2.21. The number of fused-ring (bicyclic) bond motifs is 1. The van der Waals surface area contributed by atoms with E-state index in [1.54, 1.807) is 0 Å². The number of hydrogen-bond donors (Lipinski definition) is 1. The van der Waals surface area contributed by atoms with Gasteiger partial charge in [-0.15, -0.1) is 0 Å². The normalized spacial score (nSPS) is 16.1. The summed E-state index contributed by atoms with van der Waals surface area (Å²) in [7, 11) is 0. The lowest BCUT2D eigenvalue weighted by molar-refractivity contribution is 0.670. The van der Waals surface area contributed by atoms with Crippen LogP contribution in [-0.4, -0.2) is 15.4 Å². The van der Waals surface area contributed by atoms with E-state index in [9.17, 15) is 0 Å². The summed E-state index contributed by atoms with van der Waals surface area (Å²) in [5.74, 6) is 0. The highest BCUT2D eigenvalue weighted by Crippen LogP contribution is 2.21. The number of hydrogen-bond acceptors (Lipinski definition) is 2. The van der Waals surface area contributed by atoms with Crippen molar-refractivity contribution < 1.29 is 0 Å². The smallest absolute Gasteiger partial charge is 0.151 e. The van der Waals surface area contributed by atoms with Crippen LogP contribution in [0, 0.1) is 0 Å². The Morgan fingerprint density at radius 2 is 2.40 bits per heavy atom. The molecule has 1 aliphatic rings. The fourth-order valence-electron chi connectivity index (χ4n) is 1.69. The Morgan fingerprint density at radius 1 is 1.53 bits per heavy atom. The van der Waals surface area contributed by atoms with Gasteiger partial charge in [0.25, 0.3) is 0 Å². The topological polar surface area (TPSA) is 29.3 Å². The third kappa shape index (κ3) is 1.79. The second-order valence-corrected chi connectivity index (χ2v) is 4.81. The van der Waals surface area contributed by atoms with Crippen LogP contribution in [0.2, 0.25) is 0 Å². The van der Waals surface area contributed by atoms with Crippen LogP contribution in [0.5, 0.6) is 0 Å². The highest BCUT2D eigenvalue weighted by atomic mass is 79.9. The van der Waals surface area contributed by atoms with Gasteiger partial charge in [-0.1, -0.05) is 0 Å². The van der Waals surface area contributed by atoms with Crippen molar-refractivity contribution in [3.8, 4) is 0 Å². The van der Waals surface area contributed by atoms with Gasteiger partial charge in [-0.3, -0.25) is 0 Å². The van der Waals surface area contributed by atoms with Gasteiger partial charge in [-0.2, -0.15) is 0 Å². The van der Waals surface area contributed by atoms with Gasteiger partial charge in [-0.05, 0) is 40.9 Å². The number of rotatable bonds is 3. The van der Waals surface area contributed by atoms with Crippen LogP contribution in [0.1, 0.15) is 18.5 Å². The fraction of sp³-hybridized carbons (Fsp3) is 0.364. The third-order valence-electron chi connectivity index (χ3n) is 2.71. The molecule has 1 N–H and O–H groups in total. The molecular weight excluding hydrogens is 254 g/mol. The van der Waals surface area contributed by atoms with E-state index in [0.717, 1.165) is 22.7 Å². The van der Waals surface area contributed by atoms with E-state index in [4.69, 9.17) is 0 Å². The van der Waals surface area contributed by atoms with Gasteiger partial charge in [0.2, 0.25) is 0 Å². The molecule has 0 aliphatic heterocycles. The van der Waals surface area contributed by atoms with Crippen LogP contribution < -0.4 is 5.32 Å². The lowest BCUT2D eigenvalue weighted by Gasteiger charge is -2.03. The van der Waals surface area contributed by atoms with E-state index < -0.39 is 0 Å². The number of nitrogens with one attached hydrogen (secondary N) is 1. The summed E-state index contributed by atoms with van der Waals surface area (Å²) in [5, 5.41) is 3.49. The highest BCUT2D eigenvalue weighted by Gasteiger charge is 2.20. The van der Waals surface area contributed by atoms with Gasteiger partial charge < -0.3 is 9.72 Å². The molecule has 2 aromatic rings. The van der Waals surface area contributed by atoms with Crippen LogP contribution in [0.3, 0.4) is 0 Å². The minimum atomic E-state index is 0.739. The van der Waals surface area contributed by atoms with Crippen molar-refractivity contribution in [2.24, 2.45) is 0 Å². The van der Waals surface area contributed by atoms with E-state index in [2.05, 4.69) is 36.8 Å². The molecule has 0 radical (unpaired) electrons. The summed E-state index contributed by atoms with van der Waals surface area (Å²) in [6.07, 6.45) is 6.63. The van der Waals surface area contributed by atoms with Crippen molar-refractivity contribution in [2.75, 3.05) is 0 Å². The van der Waals surface area contributed by atoms with Gasteiger partial charge in [-0.25, -0.2) is 4.98 Å². The molecule has 3 nitrogen and oxygen atoms in total. The minimum Gasteiger partial charge on any atom is -0.308 e. The van der Waals surface area contributed by atoms with Crippen LogP contribution >= 0.6 is 15.9 Å². The Kier molecular flexibility index (Phi) is 2.25. The van der Waals surface area contributed by atoms with Crippen LogP contribution in [0.15, 0.2) is 29.0 Å². The molecule has 0 aromatic carbocycles. The van der Waals surface area contributed by atoms with E-state index in [-0.39, 0.29) is 0 Å². The first-order valence-corrected chi connectivity index (χ1v) is 5.98. The van der Waals surface area contributed by atoms with Crippen molar-refractivity contribution >= 4 is 21.6 Å². The van der Waals surface area contributed by atoms with E-state index in [1.165, 1.54) is 18.5 Å². The lowest BCUT2D eigenvalue weighted by Crippen LogP contribution is -2.16. The quantitative estimate of drug-likeness (QED) is 0.924. The maximum absolute atomic E-state index is 4.39. The van der Waals surface area contributed by atoms with Gasteiger partial charge >= 0.3 is 0 Å². The maximum Gasteiger partial charge on any atom is 0.151 e. The van der Waals surface area contributed by atoms with Crippen molar-refractivity contribution in [1.82, 2.24) is 14.7 Å². The summed E-state index contributed by atoms with van der Waals surface area (Å²) in [6, 6.07) is 4.78. The molecule has 2 heterocycles. The molecule has 0 unspecified atom stereocenters. The Morgan fingerprint density at radius 3 is 3.20 bits per heavy atom. The zero-order chi connectivity index (χ0) is 10.3. The Balaban J connectivity index is 1.92. The summed E-state index contributed by atoms with van der Waals surface area (Å²) < 4.78 is 3.17. The second kappa shape index (κ2) is 3.61. The van der Waals surface area contributed by atoms with Gasteiger partial charge in [0.1, 0.15) is 0 Å². The summed E-state index contributed by atoms with van der Waals surface area (Å²) in [4.78, 5) is 4.39. The first-order chi connectivity index (χ1) is 7.34. The molecule has 0 spiro atoms. The van der Waals surface area contributed by atoms with E-state index in [0.29, 0.717) is 0 Å². The maximum atomic E-state index is 4.39. The first kappa shape index (κ1) is 9.36. The molecule has 0 saturated heterocycles. The van der Waals surface area contributed by atoms with Crippen LogP contribution in [-0.2, 0) is 6.54 Å². The number of pyridine rings is 1. The predicted octanol–water partition coefficient (Wildman–Crippen LogP) is 2.35. The molecule has 1 saturated carbocycles. The minimum absolute atomic E-state index is 0.739. The molecule has 2 aromatic heterocycles. The van der Waals surface area contributed by atoms with Crippen LogP contribution in [0.25, 0.3) is 5.65 Å². The standard InChI is InChI=1S/C11H12BrN3/c12-10-2-1-5-15-9(7-14-11(10)15)6-13-8-3-4-8/h1-2,5,7-8,13H,3-4,6H2. The highest BCUT2D eigenvalue weighted by molar-refractivity contribution is 9.10. The number of imidazole rings is 1. The zero-order valence-electron chi connectivity index (χ0n) is 8.28. The SMILES string of the molecule is Brc1cccn2c(CNC3CC3)cnc12. The Bertz CT molecular complexity index is 488. The molecule has 0 atom stereocenters. The molecule has 15 heavy (non-hydrogen) atoms. The molecule has 3 rings (SSSR count). The number of halogens is 1. The van der Waals surface area contributed by atoms with Gasteiger partial charge in [0.15, 0.2) is 5.65 Å². The average molecular weight is 266 g/mol. The monoisotopic (exact) mass is 265 g/mol. The van der Waals surface area contributed by atoms with Crippen molar-refractivity contribution in [1.29, 1.82) is 0 Å². The Labute approximate surface area is 96.6 Å². The molecule has 0 amide bonds. The molecule has 1 fully saturated rings. The second-order valence-electron chi connectivity index (χ2n) is 3.95. The molecular formula is C11H12BrN3. The van der Waals surface area contributed by atoms with Gasteiger partial charge in [0.05, 0.1) is 16.4 Å². The zero-order valence-corrected chi connectivity index (χ0v) is 9.87. The van der Waals surface area contributed by atoms with Crippen molar-refractivity contribution in [3.05, 3.63) is 34.7 Å². The van der Waals surface area contributed by atoms with E-state index >= 15 is 0 Å². The average Bonchev–Trinajstić information content (AvgIpc) is 2.97. The van der Waals surface area contributed by atoms with Crippen molar-refractivity contribution in [2.45, 2.75) is 25.4 Å². The largest absolute Gasteiger partial charge is 0.308 e. The third-order valence-corrected chi connectivity index (χ3v) is 3.33. The number of aromatic nitrogens is 2. The molecule has 78 valence electrons. The Hall–Kier alpha value is -0.870. The van der Waals surface area contributed by atoms with E-state index in [1.807, 2.05) is 18.3 Å². The molecule has 0 bridgehead atoms.